The van der Waals surface area contributed by atoms with Crippen molar-refractivity contribution in [1.29, 1.82) is 0 Å². The van der Waals surface area contributed by atoms with Crippen LogP contribution < -0.4 is 0 Å². The lowest BCUT2D eigenvalue weighted by atomic mass is 9.90. The zero-order valence-electron chi connectivity index (χ0n) is 9.40. The summed E-state index contributed by atoms with van der Waals surface area (Å²) in [7, 11) is 3.02. The van der Waals surface area contributed by atoms with Crippen molar-refractivity contribution in [3.8, 4) is 0 Å². The number of rotatable bonds is 4. The van der Waals surface area contributed by atoms with Crippen LogP contribution in [0.4, 0.5) is 0 Å². The first-order valence-corrected chi connectivity index (χ1v) is 5.11. The Labute approximate surface area is 94.7 Å². The Bertz CT molecular complexity index is 422. The fourth-order valence-corrected chi connectivity index (χ4v) is 1.97. The standard InChI is InChI=1S/C13H14O3/c1-15-9-11-8-13(11,12(14)16-2)10-6-4-3-5-7-10/h3-8H,9H2,1-2H3/t13-/m0/s1. The van der Waals surface area contributed by atoms with Crippen molar-refractivity contribution in [2.24, 2.45) is 0 Å². The van der Waals surface area contributed by atoms with Crippen molar-refractivity contribution in [2.45, 2.75) is 5.41 Å². The summed E-state index contributed by atoms with van der Waals surface area (Å²) in [4.78, 5) is 11.9. The van der Waals surface area contributed by atoms with Gasteiger partial charge < -0.3 is 9.47 Å². The van der Waals surface area contributed by atoms with Crippen LogP contribution in [0.3, 0.4) is 0 Å². The van der Waals surface area contributed by atoms with Gasteiger partial charge in [0.1, 0.15) is 5.41 Å². The number of ether oxygens (including phenoxy) is 2. The van der Waals surface area contributed by atoms with Crippen molar-refractivity contribution in [1.82, 2.24) is 0 Å². The number of hydrogen-bond acceptors (Lipinski definition) is 3. The van der Waals surface area contributed by atoms with E-state index >= 15 is 0 Å². The van der Waals surface area contributed by atoms with E-state index in [0.29, 0.717) is 6.61 Å². The SMILES string of the molecule is COCC1=C[C@]1(C(=O)OC)c1ccccc1. The minimum absolute atomic E-state index is 0.245. The van der Waals surface area contributed by atoms with Crippen molar-refractivity contribution < 1.29 is 14.3 Å². The lowest BCUT2D eigenvalue weighted by Gasteiger charge is -2.16. The van der Waals surface area contributed by atoms with Crippen LogP contribution in [0.15, 0.2) is 42.0 Å². The number of carbonyl (C=O) groups is 1. The molecule has 2 rings (SSSR count). The highest BCUT2D eigenvalue weighted by atomic mass is 16.5. The maximum atomic E-state index is 11.9. The summed E-state index contributed by atoms with van der Waals surface area (Å²) in [5, 5.41) is 0. The molecule has 1 aliphatic rings. The molecule has 0 fully saturated rings. The Kier molecular flexibility index (Phi) is 2.79. The Morgan fingerprint density at radius 2 is 1.94 bits per heavy atom. The maximum absolute atomic E-state index is 11.9. The molecule has 1 atom stereocenters. The van der Waals surface area contributed by atoms with Gasteiger partial charge in [0.15, 0.2) is 0 Å². The molecule has 1 aromatic carbocycles. The molecule has 0 heterocycles. The van der Waals surface area contributed by atoms with Gasteiger partial charge in [0.25, 0.3) is 0 Å². The molecule has 3 heteroatoms. The minimum Gasteiger partial charge on any atom is -0.468 e. The molecule has 84 valence electrons. The number of benzene rings is 1. The molecule has 1 aliphatic carbocycles. The van der Waals surface area contributed by atoms with Crippen molar-refractivity contribution in [3.05, 3.63) is 47.5 Å². The zero-order chi connectivity index (χ0) is 11.6. The molecule has 0 unspecified atom stereocenters. The van der Waals surface area contributed by atoms with Crippen LogP contribution in [0.2, 0.25) is 0 Å². The summed E-state index contributed by atoms with van der Waals surface area (Å²) in [6.07, 6.45) is 1.90. The van der Waals surface area contributed by atoms with Gasteiger partial charge in [-0.2, -0.15) is 0 Å². The fraction of sp³-hybridized carbons (Fsp3) is 0.308. The van der Waals surface area contributed by atoms with Crippen molar-refractivity contribution in [2.75, 3.05) is 20.8 Å². The molecule has 3 nitrogen and oxygen atoms in total. The number of esters is 1. The second kappa shape index (κ2) is 4.10. The smallest absolute Gasteiger partial charge is 0.324 e. The highest BCUT2D eigenvalue weighted by Crippen LogP contribution is 2.47. The van der Waals surface area contributed by atoms with Gasteiger partial charge in [-0.25, -0.2) is 0 Å². The van der Waals surface area contributed by atoms with Crippen LogP contribution in [0.1, 0.15) is 5.56 Å². The predicted octanol–water partition coefficient (Wildman–Crippen LogP) is 1.68. The van der Waals surface area contributed by atoms with E-state index in [1.807, 2.05) is 36.4 Å². The maximum Gasteiger partial charge on any atom is 0.324 e. The van der Waals surface area contributed by atoms with Gasteiger partial charge in [0.05, 0.1) is 13.7 Å². The molecule has 0 saturated heterocycles. The van der Waals surface area contributed by atoms with Crippen LogP contribution >= 0.6 is 0 Å². The lowest BCUT2D eigenvalue weighted by molar-refractivity contribution is -0.143. The van der Waals surface area contributed by atoms with Gasteiger partial charge in [0.2, 0.25) is 0 Å². The van der Waals surface area contributed by atoms with E-state index in [1.54, 1.807) is 7.11 Å². The van der Waals surface area contributed by atoms with Crippen LogP contribution in [0.25, 0.3) is 0 Å². The molecule has 0 N–H and O–H groups in total. The largest absolute Gasteiger partial charge is 0.468 e. The second-order valence-electron chi connectivity index (χ2n) is 3.77. The number of methoxy groups -OCH3 is 2. The molecule has 0 amide bonds. The quantitative estimate of drug-likeness (QED) is 0.570. The summed E-state index contributed by atoms with van der Waals surface area (Å²) in [5.41, 5.74) is 1.23. The number of hydrogen-bond donors (Lipinski definition) is 0. The highest BCUT2D eigenvalue weighted by molar-refractivity contribution is 5.96. The van der Waals surface area contributed by atoms with Crippen LogP contribution in [-0.2, 0) is 19.7 Å². The normalized spacial score (nSPS) is 22.5. The first-order valence-electron chi connectivity index (χ1n) is 5.11. The Hall–Kier alpha value is -1.61. The highest BCUT2D eigenvalue weighted by Gasteiger charge is 2.53. The van der Waals surface area contributed by atoms with E-state index in [4.69, 9.17) is 9.47 Å². The molecule has 1 aromatic rings. The van der Waals surface area contributed by atoms with E-state index in [9.17, 15) is 4.79 Å². The van der Waals surface area contributed by atoms with Crippen LogP contribution in [0.5, 0.6) is 0 Å². The average molecular weight is 218 g/mol. The van der Waals surface area contributed by atoms with E-state index in [1.165, 1.54) is 7.11 Å². The summed E-state index contributed by atoms with van der Waals surface area (Å²) in [6.45, 7) is 0.462. The Morgan fingerprint density at radius 1 is 1.25 bits per heavy atom. The third-order valence-electron chi connectivity index (χ3n) is 2.85. The molecule has 0 radical (unpaired) electrons. The zero-order valence-corrected chi connectivity index (χ0v) is 9.40. The van der Waals surface area contributed by atoms with Crippen molar-refractivity contribution >= 4 is 5.97 Å². The second-order valence-corrected chi connectivity index (χ2v) is 3.77. The van der Waals surface area contributed by atoms with E-state index in [0.717, 1.165) is 11.1 Å². The van der Waals surface area contributed by atoms with E-state index in [2.05, 4.69) is 0 Å². The summed E-state index contributed by atoms with van der Waals surface area (Å²) >= 11 is 0. The van der Waals surface area contributed by atoms with Crippen LogP contribution in [-0.4, -0.2) is 26.8 Å². The topological polar surface area (TPSA) is 35.5 Å². The van der Waals surface area contributed by atoms with Gasteiger partial charge in [-0.15, -0.1) is 0 Å². The summed E-state index contributed by atoms with van der Waals surface area (Å²) < 4.78 is 9.92. The third kappa shape index (κ3) is 1.53. The van der Waals surface area contributed by atoms with Crippen molar-refractivity contribution in [3.63, 3.8) is 0 Å². The van der Waals surface area contributed by atoms with E-state index < -0.39 is 5.41 Å². The summed E-state index contributed by atoms with van der Waals surface area (Å²) in [6, 6.07) is 9.60. The van der Waals surface area contributed by atoms with Gasteiger partial charge in [0, 0.05) is 7.11 Å². The first kappa shape index (κ1) is 10.9. The van der Waals surface area contributed by atoms with Gasteiger partial charge in [-0.3, -0.25) is 4.79 Å². The average Bonchev–Trinajstić information content (AvgIpc) is 3.05. The Balaban J connectivity index is 2.30. The van der Waals surface area contributed by atoms with Crippen LogP contribution in [0, 0.1) is 0 Å². The molecule has 0 aliphatic heterocycles. The molecule has 16 heavy (non-hydrogen) atoms. The molecule has 0 spiro atoms. The molecule has 0 saturated carbocycles. The first-order chi connectivity index (χ1) is 7.75. The molecular weight excluding hydrogens is 204 g/mol. The molecule has 0 aromatic heterocycles. The van der Waals surface area contributed by atoms with Gasteiger partial charge in [-0.1, -0.05) is 36.4 Å². The van der Waals surface area contributed by atoms with Gasteiger partial charge in [-0.05, 0) is 11.1 Å². The predicted molar refractivity (Wildman–Crippen MR) is 60.1 cm³/mol. The lowest BCUT2D eigenvalue weighted by Crippen LogP contribution is -2.26. The summed E-state index contributed by atoms with van der Waals surface area (Å²) in [5.74, 6) is -0.245. The molecular formula is C13H14O3. The molecule has 0 bridgehead atoms. The van der Waals surface area contributed by atoms with E-state index in [-0.39, 0.29) is 5.97 Å². The van der Waals surface area contributed by atoms with Gasteiger partial charge >= 0.3 is 5.97 Å². The fourth-order valence-electron chi connectivity index (χ4n) is 1.97. The minimum atomic E-state index is -0.675. The Morgan fingerprint density at radius 3 is 2.50 bits per heavy atom. The third-order valence-corrected chi connectivity index (χ3v) is 2.85. The number of carbonyl (C=O) groups excluding carboxylic acids is 1. The monoisotopic (exact) mass is 218 g/mol.